The second-order valence-corrected chi connectivity index (χ2v) is 6.96. The summed E-state index contributed by atoms with van der Waals surface area (Å²) < 4.78 is 31.9. The molecule has 8 heteroatoms. The van der Waals surface area contributed by atoms with Crippen molar-refractivity contribution in [3.8, 4) is 22.6 Å². The Morgan fingerprint density at radius 3 is 2.71 bits per heavy atom. The number of hydrogen-bond acceptors (Lipinski definition) is 5. The first-order valence-electron chi connectivity index (χ1n) is 9.79. The zero-order chi connectivity index (χ0) is 22.0. The van der Waals surface area contributed by atoms with Gasteiger partial charge >= 0.3 is 5.97 Å². The number of anilines is 1. The van der Waals surface area contributed by atoms with Crippen molar-refractivity contribution >= 4 is 17.6 Å². The Morgan fingerprint density at radius 1 is 1.19 bits per heavy atom. The predicted octanol–water partition coefficient (Wildman–Crippen LogP) is 3.79. The van der Waals surface area contributed by atoms with Gasteiger partial charge < -0.3 is 24.1 Å². The Bertz CT molecular complexity index is 1140. The Morgan fingerprint density at radius 2 is 1.97 bits per heavy atom. The number of hydrogen-bond donors (Lipinski definition) is 1. The van der Waals surface area contributed by atoms with E-state index in [2.05, 4.69) is 5.32 Å². The van der Waals surface area contributed by atoms with Crippen molar-refractivity contribution in [1.82, 2.24) is 4.57 Å². The second kappa shape index (κ2) is 8.51. The molecule has 0 saturated heterocycles. The number of ether oxygens (including phenoxy) is 3. The minimum Gasteiger partial charge on any atom is -0.485 e. The fourth-order valence-corrected chi connectivity index (χ4v) is 3.43. The Balaban J connectivity index is 1.69. The van der Waals surface area contributed by atoms with Crippen LogP contribution in [-0.2, 0) is 16.6 Å². The van der Waals surface area contributed by atoms with E-state index in [0.717, 1.165) is 0 Å². The number of rotatable bonds is 5. The van der Waals surface area contributed by atoms with E-state index in [0.29, 0.717) is 22.6 Å². The molecule has 4 rings (SSSR count). The molecule has 1 aliphatic rings. The first kappa shape index (κ1) is 20.5. The summed E-state index contributed by atoms with van der Waals surface area (Å²) in [7, 11) is 1.65. The van der Waals surface area contributed by atoms with E-state index in [1.54, 1.807) is 55.1 Å². The molecule has 0 fully saturated rings. The van der Waals surface area contributed by atoms with Crippen LogP contribution in [0.4, 0.5) is 10.1 Å². The topological polar surface area (TPSA) is 78.8 Å². The third kappa shape index (κ3) is 4.09. The molecule has 0 aliphatic carbocycles. The van der Waals surface area contributed by atoms with E-state index in [1.165, 1.54) is 12.1 Å². The van der Waals surface area contributed by atoms with Crippen LogP contribution in [0.3, 0.4) is 0 Å². The molecule has 1 aromatic heterocycles. The zero-order valence-corrected chi connectivity index (χ0v) is 17.1. The third-order valence-corrected chi connectivity index (χ3v) is 4.84. The number of halogens is 1. The van der Waals surface area contributed by atoms with E-state index in [-0.39, 0.29) is 24.6 Å². The molecule has 7 nitrogen and oxygen atoms in total. The molecule has 0 spiro atoms. The molecule has 1 aliphatic heterocycles. The number of carbonyl (C=O) groups is 2. The van der Waals surface area contributed by atoms with Crippen LogP contribution in [0.1, 0.15) is 17.4 Å². The van der Waals surface area contributed by atoms with Crippen LogP contribution < -0.4 is 14.8 Å². The van der Waals surface area contributed by atoms with Crippen molar-refractivity contribution < 1.29 is 28.2 Å². The summed E-state index contributed by atoms with van der Waals surface area (Å²) >= 11 is 0. The van der Waals surface area contributed by atoms with E-state index in [9.17, 15) is 14.0 Å². The number of amides is 1. The molecule has 0 radical (unpaired) electrons. The van der Waals surface area contributed by atoms with Crippen molar-refractivity contribution in [2.75, 3.05) is 18.5 Å². The molecular weight excluding hydrogens is 403 g/mol. The van der Waals surface area contributed by atoms with Crippen molar-refractivity contribution in [3.63, 3.8) is 0 Å². The maximum Gasteiger partial charge on any atom is 0.357 e. The van der Waals surface area contributed by atoms with Crippen molar-refractivity contribution in [2.24, 2.45) is 7.05 Å². The van der Waals surface area contributed by atoms with Gasteiger partial charge in [0, 0.05) is 18.8 Å². The maximum atomic E-state index is 13.8. The Labute approximate surface area is 178 Å². The summed E-state index contributed by atoms with van der Waals surface area (Å²) in [5.41, 5.74) is 1.36. The van der Waals surface area contributed by atoms with Gasteiger partial charge in [-0.25, -0.2) is 9.18 Å². The number of esters is 1. The van der Waals surface area contributed by atoms with Gasteiger partial charge in [0.1, 0.15) is 12.4 Å². The van der Waals surface area contributed by atoms with Crippen molar-refractivity contribution in [2.45, 2.75) is 13.0 Å². The highest BCUT2D eigenvalue weighted by molar-refractivity contribution is 6.06. The van der Waals surface area contributed by atoms with Gasteiger partial charge in [-0.05, 0) is 36.8 Å². The molecule has 2 aromatic carbocycles. The molecule has 1 amide bonds. The Hall–Kier alpha value is -3.81. The zero-order valence-electron chi connectivity index (χ0n) is 17.1. The summed E-state index contributed by atoms with van der Waals surface area (Å²) in [5, 5.41) is 2.77. The van der Waals surface area contributed by atoms with E-state index >= 15 is 0 Å². The lowest BCUT2D eigenvalue weighted by Gasteiger charge is -2.25. The molecule has 0 bridgehead atoms. The molecule has 160 valence electrons. The van der Waals surface area contributed by atoms with E-state index < -0.39 is 23.8 Å². The standard InChI is InChI=1S/C23H21FN2O5/c1-3-29-23(28)21-20(16(12-26(21)2)14-7-6-8-15(24)11-14)25-22(27)19-13-30-17-9-4-5-10-18(17)31-19/h4-12,19H,3,13H2,1-2H3,(H,25,27). The van der Waals surface area contributed by atoms with Gasteiger partial charge in [0.2, 0.25) is 6.10 Å². The summed E-state index contributed by atoms with van der Waals surface area (Å²) in [4.78, 5) is 25.6. The van der Waals surface area contributed by atoms with E-state index in [4.69, 9.17) is 14.2 Å². The van der Waals surface area contributed by atoms with Crippen LogP contribution in [0.15, 0.2) is 54.7 Å². The van der Waals surface area contributed by atoms with Crippen LogP contribution in [0.5, 0.6) is 11.5 Å². The quantitative estimate of drug-likeness (QED) is 0.631. The van der Waals surface area contributed by atoms with Crippen molar-refractivity contribution in [1.29, 1.82) is 0 Å². The smallest absolute Gasteiger partial charge is 0.357 e. The average Bonchev–Trinajstić information content (AvgIpc) is 3.09. The number of carbonyl (C=O) groups excluding carboxylic acids is 2. The highest BCUT2D eigenvalue weighted by Gasteiger charge is 2.31. The highest BCUT2D eigenvalue weighted by atomic mass is 19.1. The van der Waals surface area contributed by atoms with Crippen LogP contribution >= 0.6 is 0 Å². The minimum atomic E-state index is -0.925. The first-order chi connectivity index (χ1) is 15.0. The number of nitrogens with zero attached hydrogens (tertiary/aromatic N) is 1. The normalized spacial score (nSPS) is 14.7. The Kier molecular flexibility index (Phi) is 5.62. The third-order valence-electron chi connectivity index (χ3n) is 4.84. The van der Waals surface area contributed by atoms with E-state index in [1.807, 2.05) is 6.07 Å². The summed E-state index contributed by atoms with van der Waals surface area (Å²) in [6, 6.07) is 12.9. The highest BCUT2D eigenvalue weighted by Crippen LogP contribution is 2.35. The van der Waals surface area contributed by atoms with Gasteiger partial charge in [-0.3, -0.25) is 4.79 Å². The molecular formula is C23H21FN2O5. The van der Waals surface area contributed by atoms with Crippen LogP contribution in [0.25, 0.3) is 11.1 Å². The number of aryl methyl sites for hydroxylation is 1. The molecule has 1 unspecified atom stereocenters. The maximum absolute atomic E-state index is 13.8. The summed E-state index contributed by atoms with van der Waals surface area (Å²) in [5.74, 6) is -0.521. The molecule has 0 saturated carbocycles. The van der Waals surface area contributed by atoms with Gasteiger partial charge in [0.25, 0.3) is 5.91 Å². The average molecular weight is 424 g/mol. The van der Waals surface area contributed by atoms with Gasteiger partial charge in [0.05, 0.1) is 12.3 Å². The summed E-state index contributed by atoms with van der Waals surface area (Å²) in [6.45, 7) is 1.88. The second-order valence-electron chi connectivity index (χ2n) is 6.96. The fourth-order valence-electron chi connectivity index (χ4n) is 3.43. The van der Waals surface area contributed by atoms with Gasteiger partial charge in [-0.2, -0.15) is 0 Å². The molecule has 1 N–H and O–H groups in total. The number of fused-ring (bicyclic) bond motifs is 1. The van der Waals surface area contributed by atoms with Crippen molar-refractivity contribution in [3.05, 3.63) is 66.2 Å². The van der Waals surface area contributed by atoms with Gasteiger partial charge in [-0.15, -0.1) is 0 Å². The SMILES string of the molecule is CCOC(=O)c1c(NC(=O)C2COc3ccccc3O2)c(-c2cccc(F)c2)cn1C. The molecule has 31 heavy (non-hydrogen) atoms. The monoisotopic (exact) mass is 424 g/mol. The molecule has 2 heterocycles. The number of aromatic nitrogens is 1. The minimum absolute atomic E-state index is 0.0136. The molecule has 1 atom stereocenters. The largest absolute Gasteiger partial charge is 0.485 e. The van der Waals surface area contributed by atoms with Gasteiger partial charge in [-0.1, -0.05) is 24.3 Å². The summed E-state index contributed by atoms with van der Waals surface area (Å²) in [6.07, 6.45) is 0.718. The van der Waals surface area contributed by atoms with Crippen LogP contribution in [0, 0.1) is 5.82 Å². The number of nitrogens with one attached hydrogen (secondary N) is 1. The lowest BCUT2D eigenvalue weighted by atomic mass is 10.1. The number of para-hydroxylation sites is 2. The molecule has 3 aromatic rings. The lowest BCUT2D eigenvalue weighted by molar-refractivity contribution is -0.125. The number of benzene rings is 2. The first-order valence-corrected chi connectivity index (χ1v) is 9.79. The van der Waals surface area contributed by atoms with Crippen LogP contribution in [0.2, 0.25) is 0 Å². The predicted molar refractivity (Wildman–Crippen MR) is 112 cm³/mol. The van der Waals surface area contributed by atoms with Crippen LogP contribution in [-0.4, -0.2) is 35.8 Å². The lowest BCUT2D eigenvalue weighted by Crippen LogP contribution is -2.40. The van der Waals surface area contributed by atoms with Gasteiger partial charge in [0.15, 0.2) is 17.2 Å². The fraction of sp³-hybridized carbons (Fsp3) is 0.217.